The second-order valence-corrected chi connectivity index (χ2v) is 6.84. The van der Waals surface area contributed by atoms with Gasteiger partial charge in [0.1, 0.15) is 11.3 Å². The first-order valence-corrected chi connectivity index (χ1v) is 7.80. The highest BCUT2D eigenvalue weighted by molar-refractivity contribution is 5.77. The molecule has 22 heavy (non-hydrogen) atoms. The fourth-order valence-electron chi connectivity index (χ4n) is 2.90. The van der Waals surface area contributed by atoms with Gasteiger partial charge in [0.2, 0.25) is 0 Å². The molecule has 2 heteroatoms. The standard InChI is InChI=1S/C20H23NO/c1-20(2,3)19(15-9-5-4-6-10-15)21-14-17-13-16-11-7-8-12-18(16)22-17/h4-13,19,21H,14H2,1-3H3. The molecule has 0 saturated carbocycles. The van der Waals surface area contributed by atoms with Gasteiger partial charge >= 0.3 is 0 Å². The summed E-state index contributed by atoms with van der Waals surface area (Å²) >= 11 is 0. The topological polar surface area (TPSA) is 25.2 Å². The molecule has 1 unspecified atom stereocenters. The molecule has 3 aromatic rings. The molecule has 0 aliphatic rings. The van der Waals surface area contributed by atoms with E-state index in [1.54, 1.807) is 0 Å². The van der Waals surface area contributed by atoms with Crippen molar-refractivity contribution in [1.82, 2.24) is 5.32 Å². The van der Waals surface area contributed by atoms with Crippen molar-refractivity contribution in [2.75, 3.05) is 0 Å². The Morgan fingerprint density at radius 3 is 2.32 bits per heavy atom. The summed E-state index contributed by atoms with van der Waals surface area (Å²) in [6.45, 7) is 7.51. The summed E-state index contributed by atoms with van der Waals surface area (Å²) in [6.07, 6.45) is 0. The van der Waals surface area contributed by atoms with Crippen LogP contribution in [0.25, 0.3) is 11.0 Å². The second-order valence-electron chi connectivity index (χ2n) is 6.84. The first-order valence-electron chi connectivity index (χ1n) is 7.80. The highest BCUT2D eigenvalue weighted by atomic mass is 16.3. The third kappa shape index (κ3) is 3.23. The molecule has 1 N–H and O–H groups in total. The Morgan fingerprint density at radius 1 is 0.955 bits per heavy atom. The van der Waals surface area contributed by atoms with Crippen LogP contribution in [-0.4, -0.2) is 0 Å². The van der Waals surface area contributed by atoms with Gasteiger partial charge in [-0.2, -0.15) is 0 Å². The van der Waals surface area contributed by atoms with E-state index in [0.29, 0.717) is 0 Å². The Labute approximate surface area is 132 Å². The van der Waals surface area contributed by atoms with Crippen molar-refractivity contribution in [3.05, 3.63) is 72.0 Å². The first-order chi connectivity index (χ1) is 10.5. The molecule has 1 atom stereocenters. The molecular formula is C20H23NO. The van der Waals surface area contributed by atoms with Crippen LogP contribution in [0.3, 0.4) is 0 Å². The molecule has 0 fully saturated rings. The summed E-state index contributed by atoms with van der Waals surface area (Å²) < 4.78 is 5.90. The monoisotopic (exact) mass is 293 g/mol. The average molecular weight is 293 g/mol. The van der Waals surface area contributed by atoms with Crippen molar-refractivity contribution in [2.24, 2.45) is 5.41 Å². The van der Waals surface area contributed by atoms with Crippen molar-refractivity contribution >= 4 is 11.0 Å². The Bertz CT molecular complexity index is 704. The lowest BCUT2D eigenvalue weighted by atomic mass is 9.82. The SMILES string of the molecule is CC(C)(C)C(NCc1cc2ccccc2o1)c1ccccc1. The van der Waals surface area contributed by atoms with Crippen LogP contribution in [-0.2, 0) is 6.54 Å². The molecule has 0 amide bonds. The minimum absolute atomic E-state index is 0.132. The van der Waals surface area contributed by atoms with Crippen LogP contribution < -0.4 is 5.32 Å². The van der Waals surface area contributed by atoms with E-state index in [9.17, 15) is 0 Å². The lowest BCUT2D eigenvalue weighted by molar-refractivity contribution is 0.265. The van der Waals surface area contributed by atoms with Gasteiger partial charge in [-0.25, -0.2) is 0 Å². The molecule has 0 saturated heterocycles. The molecule has 0 spiro atoms. The van der Waals surface area contributed by atoms with Gasteiger partial charge in [-0.15, -0.1) is 0 Å². The predicted molar refractivity (Wildman–Crippen MR) is 91.7 cm³/mol. The van der Waals surface area contributed by atoms with Crippen LogP contribution in [0.4, 0.5) is 0 Å². The van der Waals surface area contributed by atoms with Crippen molar-refractivity contribution < 1.29 is 4.42 Å². The number of benzene rings is 2. The number of furan rings is 1. The minimum atomic E-state index is 0.132. The lowest BCUT2D eigenvalue weighted by Gasteiger charge is -2.32. The highest BCUT2D eigenvalue weighted by Crippen LogP contribution is 2.33. The predicted octanol–water partition coefficient (Wildman–Crippen LogP) is 5.31. The maximum Gasteiger partial charge on any atom is 0.134 e. The summed E-state index contributed by atoms with van der Waals surface area (Å²) in [5.74, 6) is 0.978. The van der Waals surface area contributed by atoms with Gasteiger partial charge in [0, 0.05) is 11.4 Å². The van der Waals surface area contributed by atoms with E-state index in [0.717, 1.165) is 23.3 Å². The van der Waals surface area contributed by atoms with Crippen LogP contribution in [0.2, 0.25) is 0 Å². The molecule has 1 heterocycles. The zero-order valence-corrected chi connectivity index (χ0v) is 13.5. The molecular weight excluding hydrogens is 270 g/mol. The second kappa shape index (κ2) is 5.98. The van der Waals surface area contributed by atoms with Gasteiger partial charge in [-0.1, -0.05) is 69.3 Å². The molecule has 2 nitrogen and oxygen atoms in total. The van der Waals surface area contributed by atoms with Gasteiger partial charge in [0.25, 0.3) is 0 Å². The Kier molecular flexibility index (Phi) is 4.04. The van der Waals surface area contributed by atoms with Gasteiger partial charge in [-0.3, -0.25) is 0 Å². The van der Waals surface area contributed by atoms with Crippen LogP contribution >= 0.6 is 0 Å². The maximum atomic E-state index is 5.90. The number of fused-ring (bicyclic) bond motifs is 1. The van der Waals surface area contributed by atoms with E-state index < -0.39 is 0 Å². The fraction of sp³-hybridized carbons (Fsp3) is 0.300. The molecule has 0 radical (unpaired) electrons. The van der Waals surface area contributed by atoms with Crippen molar-refractivity contribution in [3.8, 4) is 0 Å². The Balaban J connectivity index is 1.79. The molecule has 1 aromatic heterocycles. The van der Waals surface area contributed by atoms with E-state index >= 15 is 0 Å². The number of para-hydroxylation sites is 1. The maximum absolute atomic E-state index is 5.90. The van der Waals surface area contributed by atoms with E-state index in [4.69, 9.17) is 4.42 Å². The quantitative estimate of drug-likeness (QED) is 0.705. The molecule has 0 bridgehead atoms. The largest absolute Gasteiger partial charge is 0.460 e. The van der Waals surface area contributed by atoms with E-state index in [2.05, 4.69) is 68.6 Å². The first kappa shape index (κ1) is 14.9. The lowest BCUT2D eigenvalue weighted by Crippen LogP contribution is -2.31. The smallest absolute Gasteiger partial charge is 0.134 e. The molecule has 2 aromatic carbocycles. The van der Waals surface area contributed by atoms with Crippen molar-refractivity contribution in [2.45, 2.75) is 33.4 Å². The van der Waals surface area contributed by atoms with Gasteiger partial charge in [-0.05, 0) is 23.1 Å². The van der Waals surface area contributed by atoms with Crippen LogP contribution in [0.1, 0.15) is 38.1 Å². The Hall–Kier alpha value is -2.06. The molecule has 0 aliphatic heterocycles. The third-order valence-electron chi connectivity index (χ3n) is 3.96. The van der Waals surface area contributed by atoms with Crippen molar-refractivity contribution in [1.29, 1.82) is 0 Å². The minimum Gasteiger partial charge on any atom is -0.460 e. The van der Waals surface area contributed by atoms with E-state index in [1.165, 1.54) is 5.56 Å². The highest BCUT2D eigenvalue weighted by Gasteiger charge is 2.25. The van der Waals surface area contributed by atoms with Crippen LogP contribution in [0.5, 0.6) is 0 Å². The molecule has 114 valence electrons. The van der Waals surface area contributed by atoms with E-state index in [1.807, 2.05) is 18.2 Å². The number of rotatable bonds is 4. The number of hydrogen-bond donors (Lipinski definition) is 1. The van der Waals surface area contributed by atoms with E-state index in [-0.39, 0.29) is 11.5 Å². The number of nitrogens with one attached hydrogen (secondary N) is 1. The number of hydrogen-bond acceptors (Lipinski definition) is 2. The zero-order chi connectivity index (χ0) is 15.6. The van der Waals surface area contributed by atoms with Crippen LogP contribution in [0, 0.1) is 5.41 Å². The summed E-state index contributed by atoms with van der Waals surface area (Å²) in [4.78, 5) is 0. The van der Waals surface area contributed by atoms with Crippen LogP contribution in [0.15, 0.2) is 65.1 Å². The summed E-state index contributed by atoms with van der Waals surface area (Å²) in [7, 11) is 0. The van der Waals surface area contributed by atoms with Crippen molar-refractivity contribution in [3.63, 3.8) is 0 Å². The Morgan fingerprint density at radius 2 is 1.64 bits per heavy atom. The van der Waals surface area contributed by atoms with Gasteiger partial charge in [0.05, 0.1) is 6.54 Å². The zero-order valence-electron chi connectivity index (χ0n) is 13.5. The normalized spacial score (nSPS) is 13.4. The summed E-state index contributed by atoms with van der Waals surface area (Å²) in [5.41, 5.74) is 2.39. The van der Waals surface area contributed by atoms with Gasteiger partial charge in [0.15, 0.2) is 0 Å². The summed E-state index contributed by atoms with van der Waals surface area (Å²) in [6, 6.07) is 21.1. The van der Waals surface area contributed by atoms with Gasteiger partial charge < -0.3 is 9.73 Å². The molecule has 3 rings (SSSR count). The average Bonchev–Trinajstić information content (AvgIpc) is 2.90. The molecule has 0 aliphatic carbocycles. The third-order valence-corrected chi connectivity index (χ3v) is 3.96. The fourth-order valence-corrected chi connectivity index (χ4v) is 2.90. The summed E-state index contributed by atoms with van der Waals surface area (Å²) in [5, 5.41) is 4.82.